The molecule has 0 bridgehead atoms. The predicted octanol–water partition coefficient (Wildman–Crippen LogP) is 11.0. The molecule has 0 aliphatic carbocycles. The van der Waals surface area contributed by atoms with Crippen LogP contribution in [0.2, 0.25) is 5.02 Å². The van der Waals surface area contributed by atoms with E-state index in [0.717, 1.165) is 42.0 Å². The highest BCUT2D eigenvalue weighted by atomic mass is 35.5. The van der Waals surface area contributed by atoms with Crippen molar-refractivity contribution in [3.05, 3.63) is 119 Å². The molecule has 0 atom stereocenters. The maximum Gasteiger partial charge on any atom is 0.216 e. The van der Waals surface area contributed by atoms with E-state index in [4.69, 9.17) is 30.5 Å². The highest BCUT2D eigenvalue weighted by Crippen LogP contribution is 2.54. The van der Waals surface area contributed by atoms with Gasteiger partial charge in [0.05, 0.1) is 6.61 Å². The third-order valence-electron chi connectivity index (χ3n) is 7.16. The molecule has 5 aromatic rings. The van der Waals surface area contributed by atoms with Gasteiger partial charge in [0.25, 0.3) is 0 Å². The van der Waals surface area contributed by atoms with E-state index in [2.05, 4.69) is 45.0 Å². The smallest absolute Gasteiger partial charge is 0.216 e. The summed E-state index contributed by atoms with van der Waals surface area (Å²) in [6, 6.07) is 32.0. The number of halogens is 1. The summed E-state index contributed by atoms with van der Waals surface area (Å²) in [4.78, 5) is 0. The summed E-state index contributed by atoms with van der Waals surface area (Å²) in [6.07, 6.45) is 3.78. The summed E-state index contributed by atoms with van der Waals surface area (Å²) in [7, 11) is 0. The fraction of sp³-hybridized carbons (Fsp3) is 0.243. The highest BCUT2D eigenvalue weighted by molar-refractivity contribution is 6.31. The molecule has 0 aliphatic rings. The third kappa shape index (κ3) is 7.00. The van der Waals surface area contributed by atoms with Gasteiger partial charge in [0.15, 0.2) is 11.5 Å². The predicted molar refractivity (Wildman–Crippen MR) is 172 cm³/mol. The van der Waals surface area contributed by atoms with Crippen LogP contribution in [0.15, 0.2) is 97.1 Å². The molecule has 0 spiro atoms. The van der Waals surface area contributed by atoms with Gasteiger partial charge in [-0.15, -0.1) is 0 Å². The summed E-state index contributed by atoms with van der Waals surface area (Å²) in [5.74, 6) is 3.40. The van der Waals surface area contributed by atoms with E-state index >= 15 is 0 Å². The maximum atomic E-state index is 6.67. The lowest BCUT2D eigenvalue weighted by atomic mass is 10.1. The molecular weight excluding hydrogens is 544 g/mol. The Balaban J connectivity index is 1.72. The second-order valence-corrected chi connectivity index (χ2v) is 10.6. The number of aryl methyl sites for hydroxylation is 2. The van der Waals surface area contributed by atoms with Crippen LogP contribution in [0, 0.1) is 0 Å². The van der Waals surface area contributed by atoms with Gasteiger partial charge in [0.1, 0.15) is 18.1 Å². The summed E-state index contributed by atoms with van der Waals surface area (Å²) in [5.41, 5.74) is 3.50. The molecule has 216 valence electrons. The number of fused-ring (bicyclic) bond motifs is 1. The first kappa shape index (κ1) is 29.3. The molecule has 0 N–H and O–H groups in total. The molecule has 4 nitrogen and oxygen atoms in total. The molecule has 5 rings (SSSR count). The SMILES string of the molecule is CCCCOc1c(Oc2ccc(CC)cc2)c(Oc2ccc(CC)cc2)c(OCc2ccccc2)c2ccc(Cl)cc12. The first-order valence-corrected chi connectivity index (χ1v) is 15.1. The van der Waals surface area contributed by atoms with Gasteiger partial charge in [0.2, 0.25) is 11.5 Å². The number of rotatable bonds is 13. The molecule has 0 saturated heterocycles. The Hall–Kier alpha value is -4.15. The Morgan fingerprint density at radius 1 is 0.548 bits per heavy atom. The summed E-state index contributed by atoms with van der Waals surface area (Å²) < 4.78 is 26.4. The van der Waals surface area contributed by atoms with Gasteiger partial charge >= 0.3 is 0 Å². The van der Waals surface area contributed by atoms with Crippen molar-refractivity contribution in [2.24, 2.45) is 0 Å². The van der Waals surface area contributed by atoms with Crippen LogP contribution < -0.4 is 18.9 Å². The van der Waals surface area contributed by atoms with Crippen molar-refractivity contribution in [2.75, 3.05) is 6.61 Å². The van der Waals surface area contributed by atoms with Crippen molar-refractivity contribution >= 4 is 22.4 Å². The molecule has 0 aromatic heterocycles. The van der Waals surface area contributed by atoms with Gasteiger partial charge in [-0.1, -0.05) is 93.4 Å². The molecule has 42 heavy (non-hydrogen) atoms. The quantitative estimate of drug-likeness (QED) is 0.130. The van der Waals surface area contributed by atoms with Crippen LogP contribution in [-0.2, 0) is 19.4 Å². The van der Waals surface area contributed by atoms with Crippen LogP contribution in [0.5, 0.6) is 34.5 Å². The second kappa shape index (κ2) is 14.2. The number of hydrogen-bond donors (Lipinski definition) is 0. The number of unbranched alkanes of at least 4 members (excludes halogenated alkanes) is 1. The molecular formula is C37H37ClO4. The lowest BCUT2D eigenvalue weighted by Crippen LogP contribution is -2.04. The Morgan fingerprint density at radius 3 is 1.67 bits per heavy atom. The van der Waals surface area contributed by atoms with E-state index in [1.807, 2.05) is 72.8 Å². The van der Waals surface area contributed by atoms with Crippen LogP contribution in [0.3, 0.4) is 0 Å². The molecule has 0 fully saturated rings. The molecule has 0 radical (unpaired) electrons. The fourth-order valence-electron chi connectivity index (χ4n) is 4.70. The minimum atomic E-state index is 0.352. The number of ether oxygens (including phenoxy) is 4. The second-order valence-electron chi connectivity index (χ2n) is 10.2. The van der Waals surface area contributed by atoms with Gasteiger partial charge in [-0.2, -0.15) is 0 Å². The highest BCUT2D eigenvalue weighted by Gasteiger charge is 2.27. The van der Waals surface area contributed by atoms with Crippen LogP contribution in [0.4, 0.5) is 0 Å². The normalized spacial score (nSPS) is 11.0. The summed E-state index contributed by atoms with van der Waals surface area (Å²) in [6.45, 7) is 7.28. The lowest BCUT2D eigenvalue weighted by Gasteiger charge is -2.23. The first-order valence-electron chi connectivity index (χ1n) is 14.7. The monoisotopic (exact) mass is 580 g/mol. The summed E-state index contributed by atoms with van der Waals surface area (Å²) >= 11 is 6.55. The average Bonchev–Trinajstić information content (AvgIpc) is 3.03. The van der Waals surface area contributed by atoms with E-state index in [1.54, 1.807) is 0 Å². The van der Waals surface area contributed by atoms with Crippen LogP contribution in [0.25, 0.3) is 10.8 Å². The maximum absolute atomic E-state index is 6.67. The fourth-order valence-corrected chi connectivity index (χ4v) is 4.87. The van der Waals surface area contributed by atoms with Crippen molar-refractivity contribution in [1.82, 2.24) is 0 Å². The van der Waals surface area contributed by atoms with E-state index in [0.29, 0.717) is 52.7 Å². The molecule has 5 aromatic carbocycles. The minimum absolute atomic E-state index is 0.352. The zero-order valence-electron chi connectivity index (χ0n) is 24.5. The van der Waals surface area contributed by atoms with Crippen LogP contribution >= 0.6 is 11.6 Å². The van der Waals surface area contributed by atoms with Crippen molar-refractivity contribution in [2.45, 2.75) is 53.1 Å². The van der Waals surface area contributed by atoms with Gasteiger partial charge in [-0.05, 0) is 78.4 Å². The number of benzene rings is 5. The largest absolute Gasteiger partial charge is 0.489 e. The van der Waals surface area contributed by atoms with Crippen LogP contribution in [0.1, 0.15) is 50.3 Å². The molecule has 5 heteroatoms. The molecule has 0 amide bonds. The number of hydrogen-bond acceptors (Lipinski definition) is 4. The van der Waals surface area contributed by atoms with Crippen LogP contribution in [-0.4, -0.2) is 6.61 Å². The van der Waals surface area contributed by atoms with E-state index in [9.17, 15) is 0 Å². The van der Waals surface area contributed by atoms with E-state index in [1.165, 1.54) is 11.1 Å². The standard InChI is InChI=1S/C37H37ClO4/c1-4-7-23-39-35-33-24-29(38)17-22-32(33)34(40-25-28-11-9-8-10-12-28)36(41-30-18-13-26(5-2)14-19-30)37(35)42-31-20-15-27(6-3)16-21-31/h8-22,24H,4-7,23,25H2,1-3H3. The molecule has 0 heterocycles. The van der Waals surface area contributed by atoms with E-state index < -0.39 is 0 Å². The Labute approximate surface area is 253 Å². The van der Waals surface area contributed by atoms with Gasteiger partial charge < -0.3 is 18.9 Å². The third-order valence-corrected chi connectivity index (χ3v) is 7.40. The average molecular weight is 581 g/mol. The van der Waals surface area contributed by atoms with Crippen molar-refractivity contribution in [3.8, 4) is 34.5 Å². The lowest BCUT2D eigenvalue weighted by molar-refractivity contribution is 0.277. The topological polar surface area (TPSA) is 36.9 Å². The van der Waals surface area contributed by atoms with E-state index in [-0.39, 0.29) is 0 Å². The first-order chi connectivity index (χ1) is 20.6. The molecule has 0 unspecified atom stereocenters. The molecule has 0 aliphatic heterocycles. The van der Waals surface area contributed by atoms with Crippen molar-refractivity contribution in [3.63, 3.8) is 0 Å². The Kier molecular flexibility index (Phi) is 9.89. The summed E-state index contributed by atoms with van der Waals surface area (Å²) in [5, 5.41) is 2.23. The minimum Gasteiger partial charge on any atom is -0.489 e. The van der Waals surface area contributed by atoms with Crippen molar-refractivity contribution < 1.29 is 18.9 Å². The van der Waals surface area contributed by atoms with Gasteiger partial charge in [-0.25, -0.2) is 0 Å². The molecule has 0 saturated carbocycles. The van der Waals surface area contributed by atoms with Gasteiger partial charge in [-0.3, -0.25) is 0 Å². The Morgan fingerprint density at radius 2 is 1.12 bits per heavy atom. The zero-order chi connectivity index (χ0) is 29.3. The Bertz CT molecular complexity index is 1600. The van der Waals surface area contributed by atoms with Gasteiger partial charge in [0, 0.05) is 15.8 Å². The van der Waals surface area contributed by atoms with Crippen molar-refractivity contribution in [1.29, 1.82) is 0 Å². The zero-order valence-corrected chi connectivity index (χ0v) is 25.2.